The molecule has 3 aromatic rings. The number of methoxy groups -OCH3 is 2. The number of rotatable bonds is 8. The van der Waals surface area contributed by atoms with Crippen LogP contribution in [-0.2, 0) is 24.0 Å². The molecule has 0 amide bonds. The average molecular weight is 415 g/mol. The highest BCUT2D eigenvalue weighted by molar-refractivity contribution is 7.11. The normalized spacial score (nSPS) is 15.4. The second-order valence-corrected chi connectivity index (χ2v) is 8.59. The van der Waals surface area contributed by atoms with Crippen LogP contribution in [-0.4, -0.2) is 34.6 Å². The Morgan fingerprint density at radius 3 is 1.38 bits per heavy atom. The first-order valence-electron chi connectivity index (χ1n) is 9.28. The minimum Gasteiger partial charge on any atom is -0.497 e. The molecule has 0 saturated carbocycles. The fourth-order valence-electron chi connectivity index (χ4n) is 3.12. The lowest BCUT2D eigenvalue weighted by Gasteiger charge is -2.23. The van der Waals surface area contributed by atoms with Gasteiger partial charge in [0.25, 0.3) is 0 Å². The summed E-state index contributed by atoms with van der Waals surface area (Å²) in [5, 5.41) is 31.7. The van der Waals surface area contributed by atoms with E-state index in [9.17, 15) is 10.2 Å². The molecule has 0 bridgehead atoms. The zero-order chi connectivity index (χ0) is 21.1. The summed E-state index contributed by atoms with van der Waals surface area (Å²) in [5.74, 6) is 1.48. The van der Waals surface area contributed by atoms with Gasteiger partial charge < -0.3 is 19.7 Å². The topological polar surface area (TPSA) is 84.7 Å². The van der Waals surface area contributed by atoms with Gasteiger partial charge in [-0.3, -0.25) is 0 Å². The van der Waals surface area contributed by atoms with Crippen molar-refractivity contribution in [2.75, 3.05) is 14.2 Å². The monoisotopic (exact) mass is 414 g/mol. The van der Waals surface area contributed by atoms with E-state index < -0.39 is 11.2 Å². The van der Waals surface area contributed by atoms with Crippen molar-refractivity contribution in [3.63, 3.8) is 0 Å². The van der Waals surface area contributed by atoms with E-state index in [4.69, 9.17) is 9.47 Å². The highest BCUT2D eigenvalue weighted by Crippen LogP contribution is 2.31. The Morgan fingerprint density at radius 1 is 0.724 bits per heavy atom. The highest BCUT2D eigenvalue weighted by atomic mass is 32.1. The van der Waals surface area contributed by atoms with E-state index in [1.165, 1.54) is 11.3 Å². The first-order valence-corrected chi connectivity index (χ1v) is 10.1. The van der Waals surface area contributed by atoms with Crippen LogP contribution in [0.3, 0.4) is 0 Å². The molecule has 2 aromatic carbocycles. The summed E-state index contributed by atoms with van der Waals surface area (Å²) < 4.78 is 10.3. The number of nitrogens with zero attached hydrogens (tertiary/aromatic N) is 2. The van der Waals surface area contributed by atoms with Crippen molar-refractivity contribution in [1.82, 2.24) is 10.2 Å². The van der Waals surface area contributed by atoms with Gasteiger partial charge >= 0.3 is 0 Å². The first-order chi connectivity index (χ1) is 13.7. The fraction of sp³-hybridized carbons (Fsp3) is 0.364. The quantitative estimate of drug-likeness (QED) is 0.587. The molecule has 0 spiro atoms. The summed E-state index contributed by atoms with van der Waals surface area (Å²) in [7, 11) is 3.22. The summed E-state index contributed by atoms with van der Waals surface area (Å²) >= 11 is 1.40. The highest BCUT2D eigenvalue weighted by Gasteiger charge is 2.28. The minimum absolute atomic E-state index is 0.335. The SMILES string of the molecule is COc1ccc(C(C)(O)Cc2nnc(CC(C)(O)c3ccc(OC)cc3)s2)cc1. The number of hydrogen-bond acceptors (Lipinski definition) is 7. The predicted molar refractivity (Wildman–Crippen MR) is 112 cm³/mol. The smallest absolute Gasteiger partial charge is 0.120 e. The van der Waals surface area contributed by atoms with Gasteiger partial charge in [-0.2, -0.15) is 0 Å². The lowest BCUT2D eigenvalue weighted by atomic mass is 9.93. The van der Waals surface area contributed by atoms with Crippen LogP contribution in [0, 0.1) is 0 Å². The van der Waals surface area contributed by atoms with E-state index in [2.05, 4.69) is 10.2 Å². The maximum atomic E-state index is 10.9. The Labute approximate surface area is 174 Å². The second-order valence-electron chi connectivity index (χ2n) is 7.45. The van der Waals surface area contributed by atoms with Crippen molar-refractivity contribution in [3.05, 3.63) is 69.7 Å². The molecule has 0 aliphatic heterocycles. The van der Waals surface area contributed by atoms with Crippen LogP contribution in [0.4, 0.5) is 0 Å². The van der Waals surface area contributed by atoms with Crippen LogP contribution >= 0.6 is 11.3 Å². The summed E-state index contributed by atoms with van der Waals surface area (Å²) in [4.78, 5) is 0. The average Bonchev–Trinajstić information content (AvgIpc) is 3.13. The lowest BCUT2D eigenvalue weighted by molar-refractivity contribution is 0.0565. The van der Waals surface area contributed by atoms with Crippen molar-refractivity contribution < 1.29 is 19.7 Å². The van der Waals surface area contributed by atoms with Crippen molar-refractivity contribution in [2.24, 2.45) is 0 Å². The zero-order valence-corrected chi connectivity index (χ0v) is 17.9. The van der Waals surface area contributed by atoms with Gasteiger partial charge in [-0.1, -0.05) is 24.3 Å². The molecule has 0 fully saturated rings. The third-order valence-electron chi connectivity index (χ3n) is 4.92. The molecule has 1 aromatic heterocycles. The van der Waals surface area contributed by atoms with Crippen LogP contribution in [0.1, 0.15) is 35.0 Å². The molecule has 0 saturated heterocycles. The van der Waals surface area contributed by atoms with E-state index >= 15 is 0 Å². The molecule has 7 heteroatoms. The van der Waals surface area contributed by atoms with Gasteiger partial charge in [-0.15, -0.1) is 21.5 Å². The van der Waals surface area contributed by atoms with Crippen molar-refractivity contribution >= 4 is 11.3 Å². The molecular weight excluding hydrogens is 388 g/mol. The first kappa shape index (κ1) is 21.2. The maximum absolute atomic E-state index is 10.9. The molecule has 0 radical (unpaired) electrons. The molecule has 2 atom stereocenters. The van der Waals surface area contributed by atoms with E-state index in [-0.39, 0.29) is 0 Å². The van der Waals surface area contributed by atoms with Crippen LogP contribution in [0.15, 0.2) is 48.5 Å². The summed E-state index contributed by atoms with van der Waals surface area (Å²) in [5.41, 5.74) is -0.607. The van der Waals surface area contributed by atoms with Gasteiger partial charge in [-0.05, 0) is 49.2 Å². The number of benzene rings is 2. The minimum atomic E-state index is -1.08. The summed E-state index contributed by atoms with van der Waals surface area (Å²) in [6, 6.07) is 14.7. The van der Waals surface area contributed by atoms with Gasteiger partial charge in [-0.25, -0.2) is 0 Å². The van der Waals surface area contributed by atoms with Gasteiger partial charge in [0, 0.05) is 12.8 Å². The molecule has 154 valence electrons. The Bertz CT molecular complexity index is 858. The Morgan fingerprint density at radius 2 is 1.07 bits per heavy atom. The molecule has 6 nitrogen and oxygen atoms in total. The zero-order valence-electron chi connectivity index (χ0n) is 17.0. The van der Waals surface area contributed by atoms with Crippen LogP contribution in [0.5, 0.6) is 11.5 Å². The molecule has 3 rings (SSSR count). The maximum Gasteiger partial charge on any atom is 0.120 e. The van der Waals surface area contributed by atoms with Crippen molar-refractivity contribution in [1.29, 1.82) is 0 Å². The largest absolute Gasteiger partial charge is 0.497 e. The molecular formula is C22H26N2O4S. The van der Waals surface area contributed by atoms with Crippen LogP contribution in [0.2, 0.25) is 0 Å². The lowest BCUT2D eigenvalue weighted by Crippen LogP contribution is -2.24. The fourth-order valence-corrected chi connectivity index (χ4v) is 4.27. The van der Waals surface area contributed by atoms with E-state index in [0.717, 1.165) is 22.6 Å². The van der Waals surface area contributed by atoms with Crippen LogP contribution in [0.25, 0.3) is 0 Å². The number of aromatic nitrogens is 2. The number of aliphatic hydroxyl groups is 2. The van der Waals surface area contributed by atoms with Crippen LogP contribution < -0.4 is 9.47 Å². The third-order valence-corrected chi connectivity index (χ3v) is 5.85. The predicted octanol–water partition coefficient (Wildman–Crippen LogP) is 3.46. The summed E-state index contributed by atoms with van der Waals surface area (Å²) in [6.07, 6.45) is 0.670. The number of ether oxygens (including phenoxy) is 2. The van der Waals surface area contributed by atoms with Gasteiger partial charge in [0.2, 0.25) is 0 Å². The van der Waals surface area contributed by atoms with E-state index in [1.807, 2.05) is 48.5 Å². The second kappa shape index (κ2) is 8.49. The van der Waals surface area contributed by atoms with Gasteiger partial charge in [0.1, 0.15) is 21.5 Å². The standard InChI is InChI=1S/C22H26N2O4S/c1-21(25,15-5-9-17(27-3)10-6-15)13-19-23-24-20(29-19)14-22(2,26)16-7-11-18(28-4)12-8-16/h5-12,25-26H,13-14H2,1-4H3. The molecule has 29 heavy (non-hydrogen) atoms. The Hall–Kier alpha value is -2.48. The number of hydrogen-bond donors (Lipinski definition) is 2. The molecule has 2 N–H and O–H groups in total. The third kappa shape index (κ3) is 5.12. The van der Waals surface area contributed by atoms with Crippen molar-refractivity contribution in [2.45, 2.75) is 37.9 Å². The van der Waals surface area contributed by atoms with Gasteiger partial charge in [0.05, 0.1) is 25.4 Å². The molecule has 2 unspecified atom stereocenters. The van der Waals surface area contributed by atoms with E-state index in [0.29, 0.717) is 22.9 Å². The Balaban J connectivity index is 1.70. The van der Waals surface area contributed by atoms with Gasteiger partial charge in [0.15, 0.2) is 0 Å². The van der Waals surface area contributed by atoms with E-state index in [1.54, 1.807) is 28.1 Å². The molecule has 0 aliphatic rings. The summed E-state index contributed by atoms with van der Waals surface area (Å²) in [6.45, 7) is 3.51. The molecule has 1 heterocycles. The van der Waals surface area contributed by atoms with Crippen molar-refractivity contribution in [3.8, 4) is 11.5 Å². The molecule has 0 aliphatic carbocycles. The Kier molecular flexibility index (Phi) is 6.21.